The van der Waals surface area contributed by atoms with E-state index in [-0.39, 0.29) is 0 Å². The molecule has 0 aliphatic heterocycles. The first-order valence-corrected chi connectivity index (χ1v) is 3.38. The van der Waals surface area contributed by atoms with Gasteiger partial charge in [-0.25, -0.2) is 0 Å². The second-order valence-corrected chi connectivity index (χ2v) is 3.21. The summed E-state index contributed by atoms with van der Waals surface area (Å²) in [7, 11) is 0. The maximum atomic E-state index is 2.38. The molecule has 2 aliphatic rings. The lowest BCUT2D eigenvalue weighted by molar-refractivity contribution is 0.658. The minimum atomic E-state index is 1.10. The van der Waals surface area contributed by atoms with E-state index < -0.39 is 0 Å². The lowest BCUT2D eigenvalue weighted by atomic mass is 10.2. The molecule has 0 heteroatoms. The Balaban J connectivity index is 1.88. The molecule has 2 aliphatic carbocycles. The van der Waals surface area contributed by atoms with Crippen LogP contribution in [0.3, 0.4) is 0 Å². The molecule has 2 fully saturated rings. The Kier molecular flexibility index (Phi) is 0.586. The molecule has 0 radical (unpaired) electrons. The molecule has 0 heterocycles. The topological polar surface area (TPSA) is 0 Å². The first kappa shape index (κ1) is 3.94. The van der Waals surface area contributed by atoms with Crippen LogP contribution in [-0.2, 0) is 0 Å². The van der Waals surface area contributed by atoms with Crippen molar-refractivity contribution in [3.63, 3.8) is 0 Å². The number of hydrogen-bond acceptors (Lipinski definition) is 0. The molecule has 40 valence electrons. The van der Waals surface area contributed by atoms with Gasteiger partial charge in [0.2, 0.25) is 0 Å². The Morgan fingerprint density at radius 2 is 1.86 bits per heavy atom. The predicted octanol–water partition coefficient (Wildman–Crippen LogP) is 2.05. The molecule has 2 rings (SSSR count). The van der Waals surface area contributed by atoms with E-state index in [9.17, 15) is 0 Å². The Morgan fingerprint density at radius 3 is 2.00 bits per heavy atom. The van der Waals surface area contributed by atoms with Gasteiger partial charge < -0.3 is 0 Å². The van der Waals surface area contributed by atoms with Crippen LogP contribution in [0.4, 0.5) is 0 Å². The SMILES string of the molecule is C[C@H]1C[C@@H]1C1CC1. The molecular formula is C7H12. The van der Waals surface area contributed by atoms with Gasteiger partial charge in [-0.1, -0.05) is 6.92 Å². The summed E-state index contributed by atoms with van der Waals surface area (Å²) in [6, 6.07) is 0. The van der Waals surface area contributed by atoms with Crippen molar-refractivity contribution in [3.8, 4) is 0 Å². The quantitative estimate of drug-likeness (QED) is 0.468. The smallest absolute Gasteiger partial charge is 0.0357 e. The Labute approximate surface area is 44.9 Å². The van der Waals surface area contributed by atoms with E-state index in [1.807, 2.05) is 0 Å². The fraction of sp³-hybridized carbons (Fsp3) is 1.00. The van der Waals surface area contributed by atoms with Gasteiger partial charge in [0.15, 0.2) is 0 Å². The van der Waals surface area contributed by atoms with Crippen LogP contribution in [0.5, 0.6) is 0 Å². The van der Waals surface area contributed by atoms with E-state index >= 15 is 0 Å². The zero-order chi connectivity index (χ0) is 4.85. The first-order valence-electron chi connectivity index (χ1n) is 3.38. The van der Waals surface area contributed by atoms with Crippen LogP contribution >= 0.6 is 0 Å². The van der Waals surface area contributed by atoms with Crippen LogP contribution < -0.4 is 0 Å². The van der Waals surface area contributed by atoms with Gasteiger partial charge in [0.25, 0.3) is 0 Å². The largest absolute Gasteiger partial charge is 0.0622 e. The number of hydrogen-bond donors (Lipinski definition) is 0. The Hall–Kier alpha value is 0. The molecule has 2 saturated carbocycles. The molecule has 0 aromatic rings. The van der Waals surface area contributed by atoms with Gasteiger partial charge >= 0.3 is 0 Å². The fourth-order valence-electron chi connectivity index (χ4n) is 1.53. The maximum Gasteiger partial charge on any atom is -0.0357 e. The minimum absolute atomic E-state index is 1.10. The van der Waals surface area contributed by atoms with Crippen LogP contribution in [0.15, 0.2) is 0 Å². The van der Waals surface area contributed by atoms with Gasteiger partial charge in [0.05, 0.1) is 0 Å². The lowest BCUT2D eigenvalue weighted by Gasteiger charge is -1.83. The lowest BCUT2D eigenvalue weighted by Crippen LogP contribution is -1.77. The average molecular weight is 96.2 g/mol. The normalized spacial score (nSPS) is 49.3. The van der Waals surface area contributed by atoms with Crippen molar-refractivity contribution < 1.29 is 0 Å². The third-order valence-corrected chi connectivity index (χ3v) is 2.40. The zero-order valence-corrected chi connectivity index (χ0v) is 4.85. The summed E-state index contributed by atoms with van der Waals surface area (Å²) in [6.07, 6.45) is 4.65. The zero-order valence-electron chi connectivity index (χ0n) is 4.85. The van der Waals surface area contributed by atoms with Crippen LogP contribution in [0.2, 0.25) is 0 Å². The molecule has 0 N–H and O–H groups in total. The monoisotopic (exact) mass is 96.1 g/mol. The maximum absolute atomic E-state index is 2.38. The minimum Gasteiger partial charge on any atom is -0.0622 e. The molecule has 0 amide bonds. The summed E-state index contributed by atoms with van der Waals surface area (Å²) >= 11 is 0. The van der Waals surface area contributed by atoms with Crippen LogP contribution in [-0.4, -0.2) is 0 Å². The molecule has 0 saturated heterocycles. The van der Waals surface area contributed by atoms with Gasteiger partial charge in [-0.3, -0.25) is 0 Å². The van der Waals surface area contributed by atoms with Crippen molar-refractivity contribution in [2.75, 3.05) is 0 Å². The van der Waals surface area contributed by atoms with E-state index in [1.165, 1.54) is 11.8 Å². The average Bonchev–Trinajstić information content (AvgIpc) is 2.23. The van der Waals surface area contributed by atoms with Gasteiger partial charge in [-0.05, 0) is 37.0 Å². The Morgan fingerprint density at radius 1 is 1.29 bits per heavy atom. The summed E-state index contributed by atoms with van der Waals surface area (Å²) in [5, 5.41) is 0. The summed E-state index contributed by atoms with van der Waals surface area (Å²) in [5.74, 6) is 3.47. The molecule has 0 unspecified atom stereocenters. The van der Waals surface area contributed by atoms with Crippen molar-refractivity contribution in [1.29, 1.82) is 0 Å². The highest BCUT2D eigenvalue weighted by Crippen LogP contribution is 2.53. The summed E-state index contributed by atoms with van der Waals surface area (Å²) < 4.78 is 0. The standard InChI is InChI=1S/C7H12/c1-5-4-7(5)6-2-3-6/h5-7H,2-4H2,1H3/t5-,7-/m0/s1. The van der Waals surface area contributed by atoms with Crippen LogP contribution in [0, 0.1) is 17.8 Å². The number of rotatable bonds is 1. The van der Waals surface area contributed by atoms with E-state index in [0.29, 0.717) is 0 Å². The molecule has 0 spiro atoms. The van der Waals surface area contributed by atoms with Crippen molar-refractivity contribution >= 4 is 0 Å². The van der Waals surface area contributed by atoms with Gasteiger partial charge in [0.1, 0.15) is 0 Å². The highest BCUT2D eigenvalue weighted by Gasteiger charge is 2.44. The molecule has 0 bridgehead atoms. The van der Waals surface area contributed by atoms with Crippen molar-refractivity contribution in [2.45, 2.75) is 26.2 Å². The van der Waals surface area contributed by atoms with E-state index in [1.54, 1.807) is 19.3 Å². The second kappa shape index (κ2) is 1.04. The second-order valence-electron chi connectivity index (χ2n) is 3.21. The molecule has 0 aromatic carbocycles. The van der Waals surface area contributed by atoms with Gasteiger partial charge in [-0.2, -0.15) is 0 Å². The summed E-state index contributed by atoms with van der Waals surface area (Å²) in [4.78, 5) is 0. The summed E-state index contributed by atoms with van der Waals surface area (Å²) in [6.45, 7) is 2.38. The summed E-state index contributed by atoms with van der Waals surface area (Å²) in [5.41, 5.74) is 0. The Bertz CT molecular complexity index is 82.0. The fourth-order valence-corrected chi connectivity index (χ4v) is 1.53. The van der Waals surface area contributed by atoms with Gasteiger partial charge in [0, 0.05) is 0 Å². The van der Waals surface area contributed by atoms with Crippen LogP contribution in [0.1, 0.15) is 26.2 Å². The van der Waals surface area contributed by atoms with E-state index in [2.05, 4.69) is 6.92 Å². The third-order valence-electron chi connectivity index (χ3n) is 2.40. The molecule has 0 nitrogen and oxygen atoms in total. The van der Waals surface area contributed by atoms with Crippen molar-refractivity contribution in [3.05, 3.63) is 0 Å². The molecule has 7 heavy (non-hydrogen) atoms. The highest BCUT2D eigenvalue weighted by atomic mass is 14.5. The van der Waals surface area contributed by atoms with Gasteiger partial charge in [-0.15, -0.1) is 0 Å². The van der Waals surface area contributed by atoms with Crippen LogP contribution in [0.25, 0.3) is 0 Å². The van der Waals surface area contributed by atoms with E-state index in [4.69, 9.17) is 0 Å². The van der Waals surface area contributed by atoms with Crippen molar-refractivity contribution in [2.24, 2.45) is 17.8 Å². The van der Waals surface area contributed by atoms with Crippen molar-refractivity contribution in [1.82, 2.24) is 0 Å². The van der Waals surface area contributed by atoms with E-state index in [0.717, 1.165) is 5.92 Å². The molecular weight excluding hydrogens is 84.1 g/mol. The highest BCUT2D eigenvalue weighted by molar-refractivity contribution is 4.94. The third kappa shape index (κ3) is 0.568. The molecule has 2 atom stereocenters. The molecule has 0 aromatic heterocycles. The first-order chi connectivity index (χ1) is 3.38. The predicted molar refractivity (Wildman–Crippen MR) is 30.0 cm³/mol.